The second-order valence-corrected chi connectivity index (χ2v) is 4.95. The predicted octanol–water partition coefficient (Wildman–Crippen LogP) is 1.73. The molecule has 1 saturated heterocycles. The van der Waals surface area contributed by atoms with Gasteiger partial charge in [0.05, 0.1) is 13.2 Å². The van der Waals surface area contributed by atoms with Crippen LogP contribution in [0.25, 0.3) is 0 Å². The van der Waals surface area contributed by atoms with Crippen LogP contribution in [0, 0.1) is 0 Å². The molecular formula is C14H20N2O. The number of hydrogen-bond acceptors (Lipinski definition) is 3. The van der Waals surface area contributed by atoms with Gasteiger partial charge in [-0.15, -0.1) is 0 Å². The monoisotopic (exact) mass is 232 g/mol. The van der Waals surface area contributed by atoms with Crippen molar-refractivity contribution in [3.8, 4) is 0 Å². The Bertz CT molecular complexity index is 395. The summed E-state index contributed by atoms with van der Waals surface area (Å²) in [7, 11) is 2.07. The van der Waals surface area contributed by atoms with Crippen molar-refractivity contribution in [2.24, 2.45) is 0 Å². The first-order chi connectivity index (χ1) is 8.36. The maximum Gasteiger partial charge on any atom is 0.0642 e. The molecule has 1 aromatic carbocycles. The van der Waals surface area contributed by atoms with Crippen LogP contribution in [0.1, 0.15) is 18.4 Å². The molecule has 0 spiro atoms. The molecule has 1 N–H and O–H groups in total. The van der Waals surface area contributed by atoms with E-state index >= 15 is 0 Å². The van der Waals surface area contributed by atoms with Crippen molar-refractivity contribution in [2.45, 2.75) is 18.4 Å². The highest BCUT2D eigenvalue weighted by Gasteiger charge is 2.44. The summed E-state index contributed by atoms with van der Waals surface area (Å²) in [6.45, 7) is 3.72. The number of rotatable bonds is 3. The first-order valence-electron chi connectivity index (χ1n) is 6.47. The number of benzene rings is 1. The summed E-state index contributed by atoms with van der Waals surface area (Å²) < 4.78 is 5.43. The fraction of sp³-hybridized carbons (Fsp3) is 0.571. The van der Waals surface area contributed by atoms with Gasteiger partial charge in [0.25, 0.3) is 0 Å². The van der Waals surface area contributed by atoms with Crippen LogP contribution in [0.5, 0.6) is 0 Å². The van der Waals surface area contributed by atoms with Crippen molar-refractivity contribution in [3.05, 3.63) is 29.8 Å². The molecule has 92 valence electrons. The van der Waals surface area contributed by atoms with E-state index in [9.17, 15) is 0 Å². The number of ether oxygens (including phenoxy) is 1. The zero-order chi connectivity index (χ0) is 11.7. The van der Waals surface area contributed by atoms with Crippen molar-refractivity contribution >= 4 is 5.69 Å². The van der Waals surface area contributed by atoms with Crippen LogP contribution in [-0.4, -0.2) is 33.4 Å². The summed E-state index contributed by atoms with van der Waals surface area (Å²) in [6.07, 6.45) is 2.51. The molecule has 0 bridgehead atoms. The Kier molecular flexibility index (Phi) is 2.81. The van der Waals surface area contributed by atoms with Gasteiger partial charge in [0.15, 0.2) is 0 Å². The van der Waals surface area contributed by atoms with E-state index in [1.54, 1.807) is 0 Å². The average molecular weight is 232 g/mol. The number of morpholine rings is 1. The fourth-order valence-corrected chi connectivity index (χ4v) is 2.74. The van der Waals surface area contributed by atoms with E-state index in [1.165, 1.54) is 24.1 Å². The lowest BCUT2D eigenvalue weighted by atomic mass is 10.0. The number of para-hydroxylation sites is 1. The molecule has 0 amide bonds. The number of nitrogens with one attached hydrogen (secondary N) is 1. The lowest BCUT2D eigenvalue weighted by Crippen LogP contribution is -2.38. The zero-order valence-corrected chi connectivity index (χ0v) is 10.4. The van der Waals surface area contributed by atoms with E-state index in [4.69, 9.17) is 4.74 Å². The standard InChI is InChI=1S/C14H20N2O/c1-15-14(6-7-14)12-4-2-3-5-13(12)16-8-10-17-11-9-16/h2-5,15H,6-11H2,1H3. The van der Waals surface area contributed by atoms with Crippen molar-refractivity contribution in [1.29, 1.82) is 0 Å². The van der Waals surface area contributed by atoms with Gasteiger partial charge >= 0.3 is 0 Å². The summed E-state index contributed by atoms with van der Waals surface area (Å²) in [5.74, 6) is 0. The predicted molar refractivity (Wildman–Crippen MR) is 69.4 cm³/mol. The zero-order valence-electron chi connectivity index (χ0n) is 10.4. The van der Waals surface area contributed by atoms with Crippen LogP contribution < -0.4 is 10.2 Å². The quantitative estimate of drug-likeness (QED) is 0.859. The van der Waals surface area contributed by atoms with Gasteiger partial charge in [0, 0.05) is 24.3 Å². The van der Waals surface area contributed by atoms with Crippen molar-refractivity contribution in [1.82, 2.24) is 5.32 Å². The molecular weight excluding hydrogens is 212 g/mol. The molecule has 0 radical (unpaired) electrons. The lowest BCUT2D eigenvalue weighted by Gasteiger charge is -2.32. The van der Waals surface area contributed by atoms with Crippen LogP contribution in [0.3, 0.4) is 0 Å². The molecule has 2 fully saturated rings. The summed E-state index contributed by atoms with van der Waals surface area (Å²) in [6, 6.07) is 8.81. The summed E-state index contributed by atoms with van der Waals surface area (Å²) in [5, 5.41) is 3.49. The Morgan fingerprint density at radius 3 is 2.53 bits per heavy atom. The minimum Gasteiger partial charge on any atom is -0.378 e. The minimum absolute atomic E-state index is 0.245. The molecule has 3 rings (SSSR count). The molecule has 0 atom stereocenters. The van der Waals surface area contributed by atoms with Gasteiger partial charge in [-0.25, -0.2) is 0 Å². The minimum atomic E-state index is 0.245. The largest absolute Gasteiger partial charge is 0.378 e. The van der Waals surface area contributed by atoms with Crippen LogP contribution in [-0.2, 0) is 10.3 Å². The second kappa shape index (κ2) is 4.31. The number of hydrogen-bond donors (Lipinski definition) is 1. The molecule has 1 saturated carbocycles. The van der Waals surface area contributed by atoms with Crippen LogP contribution in [0.15, 0.2) is 24.3 Å². The van der Waals surface area contributed by atoms with Gasteiger partial charge in [-0.2, -0.15) is 0 Å². The van der Waals surface area contributed by atoms with Gasteiger partial charge in [-0.1, -0.05) is 18.2 Å². The van der Waals surface area contributed by atoms with Crippen molar-refractivity contribution in [3.63, 3.8) is 0 Å². The summed E-state index contributed by atoms with van der Waals surface area (Å²) in [5.41, 5.74) is 3.10. The van der Waals surface area contributed by atoms with E-state index in [0.29, 0.717) is 0 Å². The topological polar surface area (TPSA) is 24.5 Å². The molecule has 1 heterocycles. The molecule has 0 unspecified atom stereocenters. The third-order valence-electron chi connectivity index (χ3n) is 4.00. The van der Waals surface area contributed by atoms with Gasteiger partial charge in [-0.05, 0) is 31.5 Å². The van der Waals surface area contributed by atoms with Crippen molar-refractivity contribution in [2.75, 3.05) is 38.3 Å². The number of nitrogens with zero attached hydrogens (tertiary/aromatic N) is 1. The van der Waals surface area contributed by atoms with Crippen LogP contribution in [0.4, 0.5) is 5.69 Å². The van der Waals surface area contributed by atoms with E-state index in [0.717, 1.165) is 26.3 Å². The summed E-state index contributed by atoms with van der Waals surface area (Å²) >= 11 is 0. The Morgan fingerprint density at radius 2 is 1.88 bits per heavy atom. The van der Waals surface area contributed by atoms with E-state index in [1.807, 2.05) is 0 Å². The van der Waals surface area contributed by atoms with Crippen LogP contribution in [0.2, 0.25) is 0 Å². The SMILES string of the molecule is CNC1(c2ccccc2N2CCOCC2)CC1. The highest BCUT2D eigenvalue weighted by Crippen LogP contribution is 2.48. The van der Waals surface area contributed by atoms with E-state index in [2.05, 4.69) is 41.5 Å². The molecule has 0 aromatic heterocycles. The number of anilines is 1. The Balaban J connectivity index is 1.93. The molecule has 1 aliphatic carbocycles. The first kappa shape index (κ1) is 11.1. The Labute approximate surface area is 103 Å². The highest BCUT2D eigenvalue weighted by atomic mass is 16.5. The Hall–Kier alpha value is -1.06. The lowest BCUT2D eigenvalue weighted by molar-refractivity contribution is 0.122. The van der Waals surface area contributed by atoms with Gasteiger partial charge in [0.2, 0.25) is 0 Å². The molecule has 3 heteroatoms. The third kappa shape index (κ3) is 1.94. The Morgan fingerprint density at radius 1 is 1.18 bits per heavy atom. The normalized spacial score (nSPS) is 22.5. The molecule has 17 heavy (non-hydrogen) atoms. The maximum atomic E-state index is 5.43. The molecule has 2 aliphatic rings. The van der Waals surface area contributed by atoms with E-state index in [-0.39, 0.29) is 5.54 Å². The fourth-order valence-electron chi connectivity index (χ4n) is 2.74. The maximum absolute atomic E-state index is 5.43. The van der Waals surface area contributed by atoms with Crippen molar-refractivity contribution < 1.29 is 4.74 Å². The van der Waals surface area contributed by atoms with Crippen LogP contribution >= 0.6 is 0 Å². The molecule has 1 aromatic rings. The van der Waals surface area contributed by atoms with Gasteiger partial charge in [-0.3, -0.25) is 0 Å². The average Bonchev–Trinajstić information content (AvgIpc) is 3.21. The van der Waals surface area contributed by atoms with Gasteiger partial charge < -0.3 is 15.0 Å². The van der Waals surface area contributed by atoms with Gasteiger partial charge in [0.1, 0.15) is 0 Å². The molecule has 1 aliphatic heterocycles. The second-order valence-electron chi connectivity index (χ2n) is 4.95. The smallest absolute Gasteiger partial charge is 0.0642 e. The third-order valence-corrected chi connectivity index (χ3v) is 4.00. The first-order valence-corrected chi connectivity index (χ1v) is 6.47. The summed E-state index contributed by atoms with van der Waals surface area (Å²) in [4.78, 5) is 2.45. The van der Waals surface area contributed by atoms with E-state index < -0.39 is 0 Å². The highest BCUT2D eigenvalue weighted by molar-refractivity contribution is 5.58. The molecule has 3 nitrogen and oxygen atoms in total.